The summed E-state index contributed by atoms with van der Waals surface area (Å²) in [7, 11) is 0. The summed E-state index contributed by atoms with van der Waals surface area (Å²) in [6, 6.07) is 1.12. The second kappa shape index (κ2) is 6.75. The van der Waals surface area contributed by atoms with E-state index in [1.165, 1.54) is 38.5 Å². The number of hydrogen-bond acceptors (Lipinski definition) is 7. The minimum Gasteiger partial charge on any atom is -0.394 e. The number of imidazole rings is 1. The van der Waals surface area contributed by atoms with Crippen LogP contribution in [0, 0.1) is 0 Å². The van der Waals surface area contributed by atoms with E-state index in [1.54, 1.807) is 12.7 Å². The molecule has 2 aromatic rings. The van der Waals surface area contributed by atoms with E-state index in [4.69, 9.17) is 4.74 Å². The summed E-state index contributed by atoms with van der Waals surface area (Å²) in [5, 5.41) is 13.1. The van der Waals surface area contributed by atoms with Gasteiger partial charge in [-0.15, -0.1) is 0 Å². The van der Waals surface area contributed by atoms with Gasteiger partial charge >= 0.3 is 0 Å². The highest BCUT2D eigenvalue weighted by Crippen LogP contribution is 2.32. The van der Waals surface area contributed by atoms with E-state index in [0.717, 1.165) is 30.1 Å². The van der Waals surface area contributed by atoms with Crippen LogP contribution in [0.5, 0.6) is 0 Å². The summed E-state index contributed by atoms with van der Waals surface area (Å²) in [6.07, 6.45) is 10.5. The predicted molar refractivity (Wildman–Crippen MR) is 96.8 cm³/mol. The van der Waals surface area contributed by atoms with Crippen LogP contribution in [0.4, 0.5) is 5.82 Å². The van der Waals surface area contributed by atoms with E-state index >= 15 is 0 Å². The number of fused-ring (bicyclic) bond motifs is 1. The molecule has 2 atom stereocenters. The van der Waals surface area contributed by atoms with Crippen molar-refractivity contribution < 1.29 is 9.84 Å². The molecule has 2 N–H and O–H groups in total. The molecule has 3 aliphatic rings. The van der Waals surface area contributed by atoms with Crippen molar-refractivity contribution >= 4 is 17.0 Å². The average molecular weight is 358 g/mol. The van der Waals surface area contributed by atoms with Gasteiger partial charge in [0.1, 0.15) is 12.6 Å². The fourth-order valence-electron chi connectivity index (χ4n) is 4.26. The Bertz CT molecular complexity index is 770. The largest absolute Gasteiger partial charge is 0.394 e. The molecule has 3 fully saturated rings. The summed E-state index contributed by atoms with van der Waals surface area (Å²) < 4.78 is 8.16. The molecular formula is C18H26N6O2. The third-order valence-electron chi connectivity index (χ3n) is 5.81. The standard InChI is InChI=1S/C18H26N6O2/c25-9-14-7-23(13-3-1-2-4-13)8-15(26-14)24-11-21-16-17(22-12-5-6-12)19-10-20-18(16)24/h10-15,25H,1-9H2,(H,19,20,22)/t14-,15+/m0/s1. The fraction of sp³-hybridized carbons (Fsp3) is 0.722. The molecule has 5 rings (SSSR count). The Hall–Kier alpha value is -1.77. The molecule has 0 amide bonds. The highest BCUT2D eigenvalue weighted by molar-refractivity contribution is 5.83. The Morgan fingerprint density at radius 2 is 1.96 bits per heavy atom. The molecule has 0 spiro atoms. The van der Waals surface area contributed by atoms with Crippen LogP contribution in [0.1, 0.15) is 44.8 Å². The molecule has 2 aliphatic carbocycles. The van der Waals surface area contributed by atoms with E-state index in [-0.39, 0.29) is 18.9 Å². The van der Waals surface area contributed by atoms with Gasteiger partial charge in [0.2, 0.25) is 0 Å². The summed E-state index contributed by atoms with van der Waals surface area (Å²) in [5.41, 5.74) is 1.58. The number of anilines is 1. The minimum atomic E-state index is -0.185. The van der Waals surface area contributed by atoms with E-state index in [0.29, 0.717) is 12.1 Å². The van der Waals surface area contributed by atoms with Gasteiger partial charge in [-0.2, -0.15) is 0 Å². The monoisotopic (exact) mass is 358 g/mol. The number of nitrogens with one attached hydrogen (secondary N) is 1. The zero-order chi connectivity index (χ0) is 17.5. The predicted octanol–water partition coefficient (Wildman–Crippen LogP) is 1.53. The normalized spacial score (nSPS) is 28.0. The van der Waals surface area contributed by atoms with Crippen molar-refractivity contribution in [2.45, 2.75) is 62.9 Å². The van der Waals surface area contributed by atoms with Gasteiger partial charge in [0.05, 0.1) is 19.0 Å². The number of hydrogen-bond donors (Lipinski definition) is 2. The number of aromatic nitrogens is 4. The van der Waals surface area contributed by atoms with Crippen molar-refractivity contribution in [1.29, 1.82) is 0 Å². The van der Waals surface area contributed by atoms with Crippen LogP contribution in [-0.2, 0) is 4.74 Å². The topological polar surface area (TPSA) is 88.3 Å². The molecule has 140 valence electrons. The molecule has 8 heteroatoms. The quantitative estimate of drug-likeness (QED) is 0.838. The van der Waals surface area contributed by atoms with Gasteiger partial charge in [0, 0.05) is 25.2 Å². The SMILES string of the molecule is OC[C@@H]1CN(C2CCCC2)C[C@H](n2cnc3c(NC4CC4)ncnc32)O1. The maximum absolute atomic E-state index is 9.72. The maximum atomic E-state index is 9.72. The van der Waals surface area contributed by atoms with Crippen molar-refractivity contribution in [2.24, 2.45) is 0 Å². The first kappa shape index (κ1) is 16.4. The van der Waals surface area contributed by atoms with Gasteiger partial charge in [-0.25, -0.2) is 15.0 Å². The minimum absolute atomic E-state index is 0.0375. The summed E-state index contributed by atoms with van der Waals surface area (Å²) >= 11 is 0. The Labute approximate surface area is 152 Å². The molecule has 0 aromatic carbocycles. The lowest BCUT2D eigenvalue weighted by Gasteiger charge is -2.40. The van der Waals surface area contributed by atoms with Crippen LogP contribution in [-0.4, -0.2) is 67.4 Å². The number of ether oxygens (including phenoxy) is 1. The third-order valence-corrected chi connectivity index (χ3v) is 5.81. The van der Waals surface area contributed by atoms with Crippen molar-refractivity contribution in [3.8, 4) is 0 Å². The Kier molecular flexibility index (Phi) is 4.26. The van der Waals surface area contributed by atoms with Crippen LogP contribution < -0.4 is 5.32 Å². The zero-order valence-electron chi connectivity index (χ0n) is 14.9. The third kappa shape index (κ3) is 3.06. The molecule has 0 radical (unpaired) electrons. The van der Waals surface area contributed by atoms with Crippen LogP contribution in [0.25, 0.3) is 11.2 Å². The second-order valence-electron chi connectivity index (χ2n) is 7.75. The molecule has 2 saturated carbocycles. The molecule has 1 aliphatic heterocycles. The Balaban J connectivity index is 1.43. The van der Waals surface area contributed by atoms with Gasteiger partial charge in [-0.05, 0) is 25.7 Å². The zero-order valence-corrected chi connectivity index (χ0v) is 14.9. The molecule has 3 heterocycles. The van der Waals surface area contributed by atoms with Crippen molar-refractivity contribution in [2.75, 3.05) is 25.0 Å². The number of rotatable bonds is 5. The van der Waals surface area contributed by atoms with Crippen LogP contribution in [0.3, 0.4) is 0 Å². The van der Waals surface area contributed by atoms with Gasteiger partial charge in [-0.3, -0.25) is 9.47 Å². The highest BCUT2D eigenvalue weighted by atomic mass is 16.5. The van der Waals surface area contributed by atoms with Crippen molar-refractivity contribution in [3.05, 3.63) is 12.7 Å². The van der Waals surface area contributed by atoms with Crippen molar-refractivity contribution in [3.63, 3.8) is 0 Å². The summed E-state index contributed by atoms with van der Waals surface area (Å²) in [5.74, 6) is 0.804. The number of morpholine rings is 1. The molecule has 0 bridgehead atoms. The second-order valence-corrected chi connectivity index (χ2v) is 7.75. The lowest BCUT2D eigenvalue weighted by Crippen LogP contribution is -2.50. The van der Waals surface area contributed by atoms with Gasteiger partial charge in [0.15, 0.2) is 17.0 Å². The van der Waals surface area contributed by atoms with E-state index in [9.17, 15) is 5.11 Å². The van der Waals surface area contributed by atoms with Crippen LogP contribution in [0.15, 0.2) is 12.7 Å². The fourth-order valence-corrected chi connectivity index (χ4v) is 4.26. The van der Waals surface area contributed by atoms with Crippen LogP contribution in [0.2, 0.25) is 0 Å². The van der Waals surface area contributed by atoms with Gasteiger partial charge in [0.25, 0.3) is 0 Å². The molecule has 26 heavy (non-hydrogen) atoms. The first-order valence-electron chi connectivity index (χ1n) is 9.76. The van der Waals surface area contributed by atoms with Gasteiger partial charge < -0.3 is 15.2 Å². The van der Waals surface area contributed by atoms with Gasteiger partial charge in [-0.1, -0.05) is 12.8 Å². The lowest BCUT2D eigenvalue weighted by molar-refractivity contribution is -0.141. The van der Waals surface area contributed by atoms with E-state index in [2.05, 4.69) is 25.2 Å². The summed E-state index contributed by atoms with van der Waals surface area (Å²) in [4.78, 5) is 15.9. The first-order chi connectivity index (χ1) is 12.8. The number of aliphatic hydroxyl groups is 1. The Morgan fingerprint density at radius 3 is 2.73 bits per heavy atom. The van der Waals surface area contributed by atoms with E-state index in [1.807, 2.05) is 4.57 Å². The lowest BCUT2D eigenvalue weighted by atomic mass is 10.1. The molecule has 0 unspecified atom stereocenters. The smallest absolute Gasteiger partial charge is 0.167 e. The molecular weight excluding hydrogens is 332 g/mol. The Morgan fingerprint density at radius 1 is 1.12 bits per heavy atom. The number of aliphatic hydroxyl groups excluding tert-OH is 1. The number of nitrogens with zero attached hydrogens (tertiary/aromatic N) is 5. The first-order valence-corrected chi connectivity index (χ1v) is 9.76. The van der Waals surface area contributed by atoms with E-state index < -0.39 is 0 Å². The molecule has 8 nitrogen and oxygen atoms in total. The molecule has 1 saturated heterocycles. The highest BCUT2D eigenvalue weighted by Gasteiger charge is 2.34. The average Bonchev–Trinajstić information content (AvgIpc) is 3.15. The maximum Gasteiger partial charge on any atom is 0.167 e. The van der Waals surface area contributed by atoms with Crippen molar-refractivity contribution in [1.82, 2.24) is 24.4 Å². The summed E-state index contributed by atoms with van der Waals surface area (Å²) in [6.45, 7) is 1.64. The molecule has 2 aromatic heterocycles. The van der Waals surface area contributed by atoms with Crippen LogP contribution >= 0.6 is 0 Å².